The van der Waals surface area contributed by atoms with E-state index in [0.717, 1.165) is 89.9 Å². The van der Waals surface area contributed by atoms with Crippen LogP contribution in [0, 0.1) is 0 Å². The van der Waals surface area contributed by atoms with E-state index in [9.17, 15) is 19.0 Å². The van der Waals surface area contributed by atoms with Gasteiger partial charge in [0.2, 0.25) is 5.91 Å². The van der Waals surface area contributed by atoms with Crippen LogP contribution in [0.4, 0.5) is 0 Å². The SMILES string of the molecule is CC/C=C\C/C=C\C/C=C\C/C=C\C/C=C\C/C=C\CCCCC(=O)NC(COP(=O)(O)OCC[N+](C)(C)C)C(/C=C\CCCCCCCCCCCCC)OC(=O)CCCCCCCCCCCCCCCC. The molecule has 0 heterocycles. The zero-order valence-electron chi connectivity index (χ0n) is 48.8. The number of quaternary nitrogens is 1. The standard InChI is InChI=1S/C64H115N2O7P/c1-7-10-13-16-19-22-25-28-30-31-32-33-34-35-36-38-41-44-47-50-53-56-63(67)65-61(60-72-74(69,70)71-59-58-66(4,5)6)62(55-52-49-46-43-40-37-27-24-21-18-15-12-9-3)73-64(68)57-54-51-48-45-42-39-29-26-23-20-17-14-11-8-2/h10,13,19,22,28,30,32-33,35-36,41,44,52,55,61-62H,7-9,11-12,14-18,20-21,23-27,29,31,34,37-40,42-43,45-51,53-54,56-60H2,1-6H3,(H-,65,67,69,70)/p+1/b13-10-,22-19-,30-28-,33-32-,36-35-,44-41-,55-52-. The summed E-state index contributed by atoms with van der Waals surface area (Å²) in [5.74, 6) is -0.554. The summed E-state index contributed by atoms with van der Waals surface area (Å²) in [7, 11) is 1.46. The Labute approximate surface area is 456 Å². The topological polar surface area (TPSA) is 111 Å². The quantitative estimate of drug-likeness (QED) is 0.0205. The smallest absolute Gasteiger partial charge is 0.456 e. The number of amides is 1. The molecule has 0 spiro atoms. The molecule has 3 atom stereocenters. The van der Waals surface area contributed by atoms with Crippen molar-refractivity contribution in [3.05, 3.63) is 85.1 Å². The van der Waals surface area contributed by atoms with Crippen molar-refractivity contribution in [1.29, 1.82) is 0 Å². The first-order valence-corrected chi connectivity index (χ1v) is 31.9. The Balaban J connectivity index is 5.38. The Morgan fingerprint density at radius 3 is 1.31 bits per heavy atom. The highest BCUT2D eigenvalue weighted by atomic mass is 31.2. The van der Waals surface area contributed by atoms with E-state index in [1.807, 2.05) is 33.3 Å². The molecule has 3 unspecified atom stereocenters. The Kier molecular flexibility index (Phi) is 51.5. The van der Waals surface area contributed by atoms with Gasteiger partial charge in [-0.3, -0.25) is 18.6 Å². The lowest BCUT2D eigenvalue weighted by atomic mass is 10.0. The fourth-order valence-corrected chi connectivity index (χ4v) is 9.15. The molecule has 0 aromatic carbocycles. The van der Waals surface area contributed by atoms with Gasteiger partial charge in [-0.2, -0.15) is 0 Å². The molecule has 0 aromatic heterocycles. The first-order chi connectivity index (χ1) is 35.9. The summed E-state index contributed by atoms with van der Waals surface area (Å²) in [5, 5.41) is 3.03. The van der Waals surface area contributed by atoms with Crippen molar-refractivity contribution in [2.75, 3.05) is 40.9 Å². The van der Waals surface area contributed by atoms with Gasteiger partial charge in [0.15, 0.2) is 0 Å². The number of phosphoric ester groups is 1. The van der Waals surface area contributed by atoms with Gasteiger partial charge in [-0.15, -0.1) is 0 Å². The maximum Gasteiger partial charge on any atom is 0.472 e. The highest BCUT2D eigenvalue weighted by molar-refractivity contribution is 7.47. The number of likely N-dealkylation sites (N-methyl/N-ethyl adjacent to an activating group) is 1. The monoisotopic (exact) mass is 1060 g/mol. The van der Waals surface area contributed by atoms with Crippen LogP contribution in [0.5, 0.6) is 0 Å². The number of nitrogens with zero attached hydrogens (tertiary/aromatic N) is 1. The largest absolute Gasteiger partial charge is 0.472 e. The second kappa shape index (κ2) is 53.6. The van der Waals surface area contributed by atoms with Crippen LogP contribution in [-0.2, 0) is 27.9 Å². The Bertz CT molecular complexity index is 1540. The average Bonchev–Trinajstić information content (AvgIpc) is 3.36. The van der Waals surface area contributed by atoms with E-state index in [1.54, 1.807) is 0 Å². The Hall–Kier alpha value is -2.81. The zero-order valence-corrected chi connectivity index (χ0v) is 49.7. The van der Waals surface area contributed by atoms with Crippen molar-refractivity contribution in [2.24, 2.45) is 0 Å². The van der Waals surface area contributed by atoms with Crippen molar-refractivity contribution >= 4 is 19.7 Å². The maximum absolute atomic E-state index is 13.5. The van der Waals surface area contributed by atoms with E-state index >= 15 is 0 Å². The third-order valence-corrected chi connectivity index (χ3v) is 14.1. The number of nitrogens with one attached hydrogen (secondary N) is 1. The van der Waals surface area contributed by atoms with Crippen LogP contribution in [0.15, 0.2) is 85.1 Å². The third-order valence-electron chi connectivity index (χ3n) is 13.1. The molecule has 0 aromatic rings. The molecule has 0 bridgehead atoms. The molecule has 74 heavy (non-hydrogen) atoms. The lowest BCUT2D eigenvalue weighted by Crippen LogP contribution is -2.47. The minimum absolute atomic E-state index is 0.0293. The number of unbranched alkanes of at least 4 members (excludes halogenated alkanes) is 26. The molecule has 0 saturated carbocycles. The summed E-state index contributed by atoms with van der Waals surface area (Å²) in [4.78, 5) is 37.7. The first-order valence-electron chi connectivity index (χ1n) is 30.4. The highest BCUT2D eigenvalue weighted by Gasteiger charge is 2.30. The van der Waals surface area contributed by atoms with Crippen molar-refractivity contribution < 1.29 is 37.3 Å². The minimum atomic E-state index is -4.46. The lowest BCUT2D eigenvalue weighted by Gasteiger charge is -2.27. The van der Waals surface area contributed by atoms with E-state index in [2.05, 4.69) is 99.0 Å². The predicted molar refractivity (Wildman–Crippen MR) is 318 cm³/mol. The normalized spacial score (nSPS) is 14.3. The Morgan fingerprint density at radius 1 is 0.486 bits per heavy atom. The van der Waals surface area contributed by atoms with Crippen LogP contribution in [0.1, 0.15) is 258 Å². The van der Waals surface area contributed by atoms with Gasteiger partial charge in [0.25, 0.3) is 0 Å². The van der Waals surface area contributed by atoms with Gasteiger partial charge in [0.1, 0.15) is 19.3 Å². The molecule has 0 fully saturated rings. The van der Waals surface area contributed by atoms with E-state index < -0.39 is 20.0 Å². The number of esters is 1. The van der Waals surface area contributed by atoms with E-state index in [4.69, 9.17) is 13.8 Å². The lowest BCUT2D eigenvalue weighted by molar-refractivity contribution is -0.870. The molecule has 9 nitrogen and oxygen atoms in total. The second-order valence-corrected chi connectivity index (χ2v) is 23.0. The third kappa shape index (κ3) is 54.0. The molecule has 0 saturated heterocycles. The van der Waals surface area contributed by atoms with Gasteiger partial charge in [-0.05, 0) is 83.1 Å². The molecule has 0 aliphatic carbocycles. The van der Waals surface area contributed by atoms with Crippen molar-refractivity contribution in [1.82, 2.24) is 5.32 Å². The van der Waals surface area contributed by atoms with Crippen LogP contribution in [0.25, 0.3) is 0 Å². The number of carbonyl (C=O) groups is 2. The highest BCUT2D eigenvalue weighted by Crippen LogP contribution is 2.43. The molecule has 428 valence electrons. The van der Waals surface area contributed by atoms with Gasteiger partial charge in [-0.1, -0.05) is 247 Å². The molecule has 0 rings (SSSR count). The van der Waals surface area contributed by atoms with Crippen molar-refractivity contribution in [2.45, 2.75) is 270 Å². The summed E-state index contributed by atoms with van der Waals surface area (Å²) in [6.45, 7) is 6.87. The molecule has 0 radical (unpaired) electrons. The van der Waals surface area contributed by atoms with Crippen molar-refractivity contribution in [3.8, 4) is 0 Å². The second-order valence-electron chi connectivity index (χ2n) is 21.5. The van der Waals surface area contributed by atoms with Crippen molar-refractivity contribution in [3.63, 3.8) is 0 Å². The van der Waals surface area contributed by atoms with Crippen LogP contribution < -0.4 is 5.32 Å². The summed E-state index contributed by atoms with van der Waals surface area (Å²) < 4.78 is 30.6. The molecule has 1 amide bonds. The fraction of sp³-hybridized carbons (Fsp3) is 0.750. The van der Waals surface area contributed by atoms with E-state index in [0.29, 0.717) is 17.4 Å². The number of hydrogen-bond donors (Lipinski definition) is 2. The van der Waals surface area contributed by atoms with Crippen LogP contribution in [-0.4, -0.2) is 74.3 Å². The van der Waals surface area contributed by atoms with Gasteiger partial charge in [0.05, 0.1) is 33.8 Å². The van der Waals surface area contributed by atoms with Crippen LogP contribution >= 0.6 is 7.82 Å². The summed E-state index contributed by atoms with van der Waals surface area (Å²) in [6, 6.07) is -0.873. The number of carbonyl (C=O) groups excluding carboxylic acids is 2. The maximum atomic E-state index is 13.5. The Morgan fingerprint density at radius 2 is 0.865 bits per heavy atom. The van der Waals surface area contributed by atoms with Gasteiger partial charge in [-0.25, -0.2) is 4.57 Å². The van der Waals surface area contributed by atoms with E-state index in [-0.39, 0.29) is 37.9 Å². The van der Waals surface area contributed by atoms with Gasteiger partial charge < -0.3 is 19.4 Å². The zero-order chi connectivity index (χ0) is 54.3. The molecule has 0 aliphatic heterocycles. The molecule has 2 N–H and O–H groups in total. The summed E-state index contributed by atoms with van der Waals surface area (Å²) in [6.07, 6.45) is 70.1. The first kappa shape index (κ1) is 71.2. The number of allylic oxidation sites excluding steroid dienone is 13. The average molecular weight is 1060 g/mol. The number of rotatable bonds is 54. The van der Waals surface area contributed by atoms with Crippen LogP contribution in [0.3, 0.4) is 0 Å². The predicted octanol–water partition coefficient (Wildman–Crippen LogP) is 18.6. The molecule has 0 aliphatic rings. The van der Waals surface area contributed by atoms with E-state index in [1.165, 1.54) is 128 Å². The number of ether oxygens (including phenoxy) is 1. The van der Waals surface area contributed by atoms with Gasteiger partial charge in [0, 0.05) is 12.8 Å². The summed E-state index contributed by atoms with van der Waals surface area (Å²) in [5.41, 5.74) is 0. The fourth-order valence-electron chi connectivity index (χ4n) is 8.41. The van der Waals surface area contributed by atoms with Gasteiger partial charge >= 0.3 is 13.8 Å². The number of phosphoric acid groups is 1. The minimum Gasteiger partial charge on any atom is -0.456 e. The van der Waals surface area contributed by atoms with Crippen LogP contribution in [0.2, 0.25) is 0 Å². The summed E-state index contributed by atoms with van der Waals surface area (Å²) >= 11 is 0. The molecule has 10 heteroatoms. The molecular weight excluding hydrogens is 940 g/mol. The number of hydrogen-bond acceptors (Lipinski definition) is 6. The molecular formula is C64H116N2O7P+.